The van der Waals surface area contributed by atoms with E-state index in [4.69, 9.17) is 0 Å². The molecule has 0 bridgehead atoms. The van der Waals surface area contributed by atoms with Gasteiger partial charge in [0.25, 0.3) is 0 Å². The first-order valence-corrected chi connectivity index (χ1v) is 19.9. The van der Waals surface area contributed by atoms with Crippen LogP contribution in [0.25, 0.3) is 33.0 Å². The van der Waals surface area contributed by atoms with Gasteiger partial charge in [-0.25, -0.2) is 0 Å². The molecule has 0 saturated heterocycles. The molecule has 2 aliphatic rings. The van der Waals surface area contributed by atoms with Crippen LogP contribution in [0.2, 0.25) is 0 Å². The molecule has 0 spiro atoms. The monoisotopic (exact) mass is 725 g/mol. The molecule has 0 saturated carbocycles. The summed E-state index contributed by atoms with van der Waals surface area (Å²) in [4.78, 5) is 2.37. The van der Waals surface area contributed by atoms with E-state index in [1.807, 2.05) is 36.4 Å². The summed E-state index contributed by atoms with van der Waals surface area (Å²) >= 11 is 0. The van der Waals surface area contributed by atoms with Crippen molar-refractivity contribution in [2.24, 2.45) is 0 Å². The zero-order valence-electron chi connectivity index (χ0n) is 33.8. The number of anilines is 3. The predicted octanol–water partition coefficient (Wildman–Crippen LogP) is 15.2. The summed E-state index contributed by atoms with van der Waals surface area (Å²) in [5, 5.41) is 2.73. The zero-order chi connectivity index (χ0) is 39.0. The van der Waals surface area contributed by atoms with Gasteiger partial charge < -0.3 is 4.90 Å². The van der Waals surface area contributed by atoms with Crippen molar-refractivity contribution in [1.29, 1.82) is 0 Å². The molecular weight excluding hydrogens is 675 g/mol. The molecule has 0 fully saturated rings. The average Bonchev–Trinajstić information content (AvgIpc) is 3.57. The Morgan fingerprint density at radius 2 is 0.768 bits per heavy atom. The van der Waals surface area contributed by atoms with Crippen LogP contribution in [-0.4, -0.2) is 0 Å². The van der Waals surface area contributed by atoms with Crippen molar-refractivity contribution in [3.63, 3.8) is 0 Å². The third-order valence-electron chi connectivity index (χ3n) is 11.8. The van der Waals surface area contributed by atoms with E-state index in [1.165, 1.54) is 77.7 Å². The molecule has 0 aromatic heterocycles. The number of aryl methyl sites for hydroxylation is 3. The highest BCUT2D eigenvalue weighted by atomic mass is 15.1. The first-order chi connectivity index (χ1) is 27.1. The number of para-hydroxylation sites is 2. The second kappa shape index (κ2) is 14.8. The Morgan fingerprint density at radius 1 is 0.339 bits per heavy atom. The maximum atomic E-state index is 2.53. The number of nitrogens with zero attached hydrogens (tertiary/aromatic N) is 1. The van der Waals surface area contributed by atoms with E-state index in [0.717, 1.165) is 11.4 Å². The minimum atomic E-state index is -0.123. The quantitative estimate of drug-likeness (QED) is 0.175. The van der Waals surface area contributed by atoms with Crippen molar-refractivity contribution in [3.05, 3.63) is 221 Å². The largest absolute Gasteiger partial charge is 0.310 e. The summed E-state index contributed by atoms with van der Waals surface area (Å²) in [5.41, 5.74) is 18.6. The van der Waals surface area contributed by atoms with Gasteiger partial charge in [-0.3, -0.25) is 0 Å². The molecule has 0 radical (unpaired) electrons. The molecule has 10 rings (SSSR count). The van der Waals surface area contributed by atoms with Gasteiger partial charge in [0.15, 0.2) is 0 Å². The predicted molar refractivity (Wildman–Crippen MR) is 241 cm³/mol. The van der Waals surface area contributed by atoms with Crippen LogP contribution >= 0.6 is 0 Å². The molecular formula is C55H51N. The highest BCUT2D eigenvalue weighted by molar-refractivity contribution is 6.05. The van der Waals surface area contributed by atoms with Gasteiger partial charge in [-0.15, -0.1) is 0 Å². The van der Waals surface area contributed by atoms with Gasteiger partial charge in [-0.1, -0.05) is 172 Å². The molecule has 0 heterocycles. The van der Waals surface area contributed by atoms with Crippen LogP contribution < -0.4 is 4.90 Å². The molecule has 1 nitrogen and oxygen atoms in total. The maximum Gasteiger partial charge on any atom is 0.0465 e. The fourth-order valence-electron chi connectivity index (χ4n) is 8.79. The van der Waals surface area contributed by atoms with Crippen LogP contribution in [0.5, 0.6) is 0 Å². The molecule has 0 aliphatic heterocycles. The lowest BCUT2D eigenvalue weighted by molar-refractivity contribution is 0.652. The molecule has 0 atom stereocenters. The lowest BCUT2D eigenvalue weighted by Gasteiger charge is -2.28. The zero-order valence-corrected chi connectivity index (χ0v) is 33.8. The van der Waals surface area contributed by atoms with Gasteiger partial charge in [-0.05, 0) is 130 Å². The van der Waals surface area contributed by atoms with Gasteiger partial charge in [0.1, 0.15) is 0 Å². The minimum absolute atomic E-state index is 0.0568. The summed E-state index contributed by atoms with van der Waals surface area (Å²) in [6.45, 7) is 16.0. The Balaban J connectivity index is 0.000000265. The Morgan fingerprint density at radius 3 is 1.29 bits per heavy atom. The lowest BCUT2D eigenvalue weighted by atomic mass is 9.79. The standard InChI is InChI=1S/C41H35N.2C7H8/c1-26-22-38-39(32-19-13-12-18-30(26)32)34-25-36-33(24-37(34)41(38,4)5)31-21-20-29(23-35(31)40(36,2)3)42(27-14-8-6-9-15-27)28-16-10-7-11-17-28;2*1-7-5-3-2-4-6-7/h6-25H,1-5H3;2*2-6H,1H3. The van der Waals surface area contributed by atoms with Crippen molar-refractivity contribution in [2.75, 3.05) is 4.90 Å². The molecule has 1 heteroatoms. The van der Waals surface area contributed by atoms with Gasteiger partial charge in [0, 0.05) is 27.9 Å². The molecule has 8 aromatic rings. The topological polar surface area (TPSA) is 3.24 Å². The number of benzene rings is 8. The molecule has 0 N–H and O–H groups in total. The smallest absolute Gasteiger partial charge is 0.0465 e. The SMILES string of the molecule is Cc1cc2c(c3ccccc13)-c1cc3c(cc1C2(C)C)-c1ccc(N(c2ccccc2)c2ccccc2)cc1C3(C)C.Cc1ccccc1.Cc1ccccc1. The summed E-state index contributed by atoms with van der Waals surface area (Å²) in [5.74, 6) is 0. The van der Waals surface area contributed by atoms with Crippen molar-refractivity contribution < 1.29 is 0 Å². The molecule has 0 amide bonds. The van der Waals surface area contributed by atoms with E-state index in [-0.39, 0.29) is 10.8 Å². The van der Waals surface area contributed by atoms with Gasteiger partial charge in [0.2, 0.25) is 0 Å². The Hall–Kier alpha value is -6.18. The van der Waals surface area contributed by atoms with E-state index in [9.17, 15) is 0 Å². The van der Waals surface area contributed by atoms with E-state index in [0.29, 0.717) is 0 Å². The highest BCUT2D eigenvalue weighted by Gasteiger charge is 2.42. The van der Waals surface area contributed by atoms with E-state index >= 15 is 0 Å². The van der Waals surface area contributed by atoms with Crippen LogP contribution in [0.15, 0.2) is 182 Å². The van der Waals surface area contributed by atoms with Crippen molar-refractivity contribution >= 4 is 27.8 Å². The van der Waals surface area contributed by atoms with Gasteiger partial charge in [-0.2, -0.15) is 0 Å². The molecule has 56 heavy (non-hydrogen) atoms. The highest BCUT2D eigenvalue weighted by Crippen LogP contribution is 2.58. The Kier molecular flexibility index (Phi) is 9.73. The van der Waals surface area contributed by atoms with E-state index in [2.05, 4.69) is 199 Å². The van der Waals surface area contributed by atoms with Crippen molar-refractivity contribution in [3.8, 4) is 22.3 Å². The van der Waals surface area contributed by atoms with Crippen molar-refractivity contribution in [1.82, 2.24) is 0 Å². The fourth-order valence-corrected chi connectivity index (χ4v) is 8.79. The normalized spacial score (nSPS) is 13.6. The van der Waals surface area contributed by atoms with E-state index in [1.54, 1.807) is 0 Å². The third kappa shape index (κ3) is 6.62. The maximum absolute atomic E-state index is 2.53. The summed E-state index contributed by atoms with van der Waals surface area (Å²) < 4.78 is 0. The van der Waals surface area contributed by atoms with Crippen LogP contribution in [0.1, 0.15) is 66.6 Å². The Bertz CT molecular complexity index is 2560. The number of hydrogen-bond donors (Lipinski definition) is 0. The van der Waals surface area contributed by atoms with Crippen LogP contribution in [-0.2, 0) is 10.8 Å². The fraction of sp³-hybridized carbons (Fsp3) is 0.164. The molecule has 276 valence electrons. The number of hydrogen-bond acceptors (Lipinski definition) is 1. The number of fused-ring (bicyclic) bond motifs is 8. The average molecular weight is 726 g/mol. The second-order valence-corrected chi connectivity index (χ2v) is 16.4. The van der Waals surface area contributed by atoms with Crippen LogP contribution in [0, 0.1) is 20.8 Å². The molecule has 0 unspecified atom stereocenters. The molecule has 2 aliphatic carbocycles. The van der Waals surface area contributed by atoms with Crippen LogP contribution in [0.4, 0.5) is 17.1 Å². The molecule has 8 aromatic carbocycles. The number of rotatable bonds is 3. The first kappa shape index (κ1) is 36.8. The Labute approximate surface area is 333 Å². The summed E-state index contributed by atoms with van der Waals surface area (Å²) in [7, 11) is 0. The summed E-state index contributed by atoms with van der Waals surface area (Å²) in [6, 6.07) is 65.4. The first-order valence-electron chi connectivity index (χ1n) is 19.9. The second-order valence-electron chi connectivity index (χ2n) is 16.4. The minimum Gasteiger partial charge on any atom is -0.310 e. The van der Waals surface area contributed by atoms with Crippen molar-refractivity contribution in [2.45, 2.75) is 59.3 Å². The third-order valence-corrected chi connectivity index (χ3v) is 11.8. The van der Waals surface area contributed by atoms with Gasteiger partial charge >= 0.3 is 0 Å². The lowest BCUT2D eigenvalue weighted by Crippen LogP contribution is -2.17. The van der Waals surface area contributed by atoms with Crippen LogP contribution in [0.3, 0.4) is 0 Å². The van der Waals surface area contributed by atoms with Gasteiger partial charge in [0.05, 0.1) is 0 Å². The summed E-state index contributed by atoms with van der Waals surface area (Å²) in [6.07, 6.45) is 0. The van der Waals surface area contributed by atoms with E-state index < -0.39 is 0 Å².